The van der Waals surface area contributed by atoms with Gasteiger partial charge in [-0.15, -0.1) is 0 Å². The first-order valence-electron chi connectivity index (χ1n) is 5.38. The van der Waals surface area contributed by atoms with E-state index in [9.17, 15) is 4.39 Å². The van der Waals surface area contributed by atoms with Crippen LogP contribution in [0.15, 0.2) is 22.7 Å². The van der Waals surface area contributed by atoms with Gasteiger partial charge >= 0.3 is 0 Å². The Kier molecular flexibility index (Phi) is 3.95. The standard InChI is InChI=1S/C12H15BrFNO/c1-16-10-5-6-15(8-10)7-9-3-2-4-11(13)12(9)14/h2-4,10H,5-8H2,1H3/t10-/m1/s1. The van der Waals surface area contributed by atoms with Crippen molar-refractivity contribution in [1.29, 1.82) is 0 Å². The Morgan fingerprint density at radius 1 is 1.56 bits per heavy atom. The lowest BCUT2D eigenvalue weighted by Gasteiger charge is -2.16. The third-order valence-corrected chi connectivity index (χ3v) is 3.60. The summed E-state index contributed by atoms with van der Waals surface area (Å²) in [4.78, 5) is 2.22. The fraction of sp³-hybridized carbons (Fsp3) is 0.500. The Morgan fingerprint density at radius 3 is 3.06 bits per heavy atom. The lowest BCUT2D eigenvalue weighted by molar-refractivity contribution is 0.107. The number of nitrogens with zero attached hydrogens (tertiary/aromatic N) is 1. The third-order valence-electron chi connectivity index (χ3n) is 2.99. The minimum absolute atomic E-state index is 0.150. The fourth-order valence-electron chi connectivity index (χ4n) is 2.04. The highest BCUT2D eigenvalue weighted by atomic mass is 79.9. The molecule has 0 aliphatic carbocycles. The van der Waals surface area contributed by atoms with Crippen LogP contribution in [0, 0.1) is 5.82 Å². The highest BCUT2D eigenvalue weighted by Gasteiger charge is 2.22. The molecule has 0 radical (unpaired) electrons. The van der Waals surface area contributed by atoms with Gasteiger partial charge in [-0.25, -0.2) is 4.39 Å². The second kappa shape index (κ2) is 5.25. The summed E-state index contributed by atoms with van der Waals surface area (Å²) in [5, 5.41) is 0. The van der Waals surface area contributed by atoms with E-state index in [0.717, 1.165) is 25.1 Å². The van der Waals surface area contributed by atoms with Crippen molar-refractivity contribution in [3.8, 4) is 0 Å². The van der Waals surface area contributed by atoms with Gasteiger partial charge in [0, 0.05) is 32.3 Å². The Morgan fingerprint density at radius 2 is 2.38 bits per heavy atom. The number of hydrogen-bond donors (Lipinski definition) is 0. The zero-order valence-electron chi connectivity index (χ0n) is 9.25. The molecule has 1 fully saturated rings. The van der Waals surface area contributed by atoms with Crippen LogP contribution in [0.2, 0.25) is 0 Å². The zero-order valence-corrected chi connectivity index (χ0v) is 10.8. The van der Waals surface area contributed by atoms with Gasteiger partial charge in [0.2, 0.25) is 0 Å². The number of rotatable bonds is 3. The average molecular weight is 288 g/mol. The molecular weight excluding hydrogens is 273 g/mol. The van der Waals surface area contributed by atoms with Gasteiger partial charge in [0.15, 0.2) is 0 Å². The molecule has 1 aromatic carbocycles. The predicted molar refractivity (Wildman–Crippen MR) is 64.8 cm³/mol. The molecular formula is C12H15BrFNO. The van der Waals surface area contributed by atoms with Gasteiger partial charge in [-0.3, -0.25) is 4.90 Å². The van der Waals surface area contributed by atoms with Crippen LogP contribution in [0.4, 0.5) is 4.39 Å². The molecule has 0 bridgehead atoms. The van der Waals surface area contributed by atoms with Crippen LogP contribution in [0.3, 0.4) is 0 Å². The van der Waals surface area contributed by atoms with Crippen LogP contribution in [-0.2, 0) is 11.3 Å². The van der Waals surface area contributed by atoms with E-state index in [1.165, 1.54) is 0 Å². The van der Waals surface area contributed by atoms with Crippen molar-refractivity contribution >= 4 is 15.9 Å². The molecule has 0 saturated carbocycles. The van der Waals surface area contributed by atoms with Gasteiger partial charge in [0.1, 0.15) is 5.82 Å². The molecule has 1 atom stereocenters. The Hall–Kier alpha value is -0.450. The molecule has 1 saturated heterocycles. The maximum atomic E-state index is 13.7. The summed E-state index contributed by atoms with van der Waals surface area (Å²) < 4.78 is 19.6. The number of halogens is 2. The quantitative estimate of drug-likeness (QED) is 0.848. The monoisotopic (exact) mass is 287 g/mol. The van der Waals surface area contributed by atoms with Gasteiger partial charge in [0.05, 0.1) is 10.6 Å². The third kappa shape index (κ3) is 2.62. The highest BCUT2D eigenvalue weighted by molar-refractivity contribution is 9.10. The molecule has 0 aromatic heterocycles. The maximum Gasteiger partial charge on any atom is 0.141 e. The molecule has 1 aromatic rings. The van der Waals surface area contributed by atoms with Gasteiger partial charge in [-0.05, 0) is 28.4 Å². The normalized spacial score (nSPS) is 21.6. The van der Waals surface area contributed by atoms with Crippen molar-refractivity contribution in [2.24, 2.45) is 0 Å². The van der Waals surface area contributed by atoms with Gasteiger partial charge in [-0.2, -0.15) is 0 Å². The molecule has 2 rings (SSSR count). The summed E-state index contributed by atoms with van der Waals surface area (Å²) in [5.41, 5.74) is 0.742. The molecule has 1 aliphatic rings. The van der Waals surface area contributed by atoms with E-state index in [-0.39, 0.29) is 5.82 Å². The predicted octanol–water partition coefficient (Wildman–Crippen LogP) is 2.81. The fourth-order valence-corrected chi connectivity index (χ4v) is 2.45. The summed E-state index contributed by atoms with van der Waals surface area (Å²) in [6.45, 7) is 2.53. The molecule has 0 unspecified atom stereocenters. The molecule has 1 aliphatic heterocycles. The number of hydrogen-bond acceptors (Lipinski definition) is 2. The lowest BCUT2D eigenvalue weighted by Crippen LogP contribution is -2.22. The van der Waals surface area contributed by atoms with Crippen molar-refractivity contribution in [3.05, 3.63) is 34.1 Å². The summed E-state index contributed by atoms with van der Waals surface area (Å²) in [5.74, 6) is -0.150. The highest BCUT2D eigenvalue weighted by Crippen LogP contribution is 2.22. The van der Waals surface area contributed by atoms with E-state index in [0.29, 0.717) is 17.1 Å². The lowest BCUT2D eigenvalue weighted by atomic mass is 10.2. The molecule has 2 nitrogen and oxygen atoms in total. The van der Waals surface area contributed by atoms with E-state index in [1.54, 1.807) is 13.2 Å². The van der Waals surface area contributed by atoms with Gasteiger partial charge in [-0.1, -0.05) is 12.1 Å². The Balaban J connectivity index is 2.02. The van der Waals surface area contributed by atoms with Gasteiger partial charge in [0.25, 0.3) is 0 Å². The summed E-state index contributed by atoms with van der Waals surface area (Å²) in [6, 6.07) is 5.42. The molecule has 88 valence electrons. The largest absolute Gasteiger partial charge is 0.380 e. The summed E-state index contributed by atoms with van der Waals surface area (Å²) in [6.07, 6.45) is 1.33. The second-order valence-electron chi connectivity index (χ2n) is 4.09. The van der Waals surface area contributed by atoms with E-state index >= 15 is 0 Å². The van der Waals surface area contributed by atoms with E-state index in [2.05, 4.69) is 20.8 Å². The number of methoxy groups -OCH3 is 1. The average Bonchev–Trinajstić information content (AvgIpc) is 2.73. The van der Waals surface area contributed by atoms with Crippen molar-refractivity contribution in [1.82, 2.24) is 4.90 Å². The van der Waals surface area contributed by atoms with E-state index < -0.39 is 0 Å². The summed E-state index contributed by atoms with van der Waals surface area (Å²) in [7, 11) is 1.73. The van der Waals surface area contributed by atoms with Gasteiger partial charge < -0.3 is 4.74 Å². The van der Waals surface area contributed by atoms with E-state index in [4.69, 9.17) is 4.74 Å². The Labute approximate surface area is 104 Å². The second-order valence-corrected chi connectivity index (χ2v) is 4.95. The van der Waals surface area contributed by atoms with Crippen LogP contribution in [0.1, 0.15) is 12.0 Å². The van der Waals surface area contributed by atoms with Crippen LogP contribution >= 0.6 is 15.9 Å². The Bertz CT molecular complexity index is 372. The first-order valence-corrected chi connectivity index (χ1v) is 6.18. The minimum Gasteiger partial charge on any atom is -0.380 e. The van der Waals surface area contributed by atoms with Crippen molar-refractivity contribution in [3.63, 3.8) is 0 Å². The van der Waals surface area contributed by atoms with Crippen LogP contribution in [0.5, 0.6) is 0 Å². The first-order chi connectivity index (χ1) is 7.70. The zero-order chi connectivity index (χ0) is 11.5. The number of benzene rings is 1. The van der Waals surface area contributed by atoms with Crippen molar-refractivity contribution in [2.75, 3.05) is 20.2 Å². The minimum atomic E-state index is -0.150. The molecule has 4 heteroatoms. The molecule has 0 amide bonds. The number of ether oxygens (including phenoxy) is 1. The number of likely N-dealkylation sites (tertiary alicyclic amines) is 1. The first kappa shape index (κ1) is 12.0. The van der Waals surface area contributed by atoms with Crippen LogP contribution in [-0.4, -0.2) is 31.2 Å². The molecule has 16 heavy (non-hydrogen) atoms. The SMILES string of the molecule is CO[C@@H]1CCN(Cc2cccc(Br)c2F)C1. The van der Waals surface area contributed by atoms with Crippen LogP contribution < -0.4 is 0 Å². The van der Waals surface area contributed by atoms with E-state index in [1.807, 2.05) is 12.1 Å². The molecule has 1 heterocycles. The van der Waals surface area contributed by atoms with Crippen molar-refractivity contribution < 1.29 is 9.13 Å². The van der Waals surface area contributed by atoms with Crippen LogP contribution in [0.25, 0.3) is 0 Å². The topological polar surface area (TPSA) is 12.5 Å². The van der Waals surface area contributed by atoms with Crippen molar-refractivity contribution in [2.45, 2.75) is 19.1 Å². The summed E-state index contributed by atoms with van der Waals surface area (Å²) >= 11 is 3.20. The smallest absolute Gasteiger partial charge is 0.141 e. The maximum absolute atomic E-state index is 13.7. The molecule has 0 spiro atoms. The molecule has 0 N–H and O–H groups in total.